The van der Waals surface area contributed by atoms with E-state index in [9.17, 15) is 18.0 Å². The summed E-state index contributed by atoms with van der Waals surface area (Å²) in [7, 11) is 1.39. The zero-order chi connectivity index (χ0) is 23.3. The quantitative estimate of drug-likeness (QED) is 0.259. The van der Waals surface area contributed by atoms with Gasteiger partial charge in [0.05, 0.1) is 5.52 Å². The van der Waals surface area contributed by atoms with Crippen molar-refractivity contribution in [2.24, 2.45) is 10.9 Å². The maximum atomic E-state index is 12.5. The minimum absolute atomic E-state index is 0. The van der Waals surface area contributed by atoms with E-state index in [1.54, 1.807) is 6.07 Å². The van der Waals surface area contributed by atoms with Crippen molar-refractivity contribution in [1.29, 1.82) is 0 Å². The van der Waals surface area contributed by atoms with E-state index in [-0.39, 0.29) is 48.7 Å². The molecule has 5 N–H and O–H groups in total. The molecule has 1 amide bonds. The molecule has 0 unspecified atom stereocenters. The zero-order valence-corrected chi connectivity index (χ0v) is 20.2. The van der Waals surface area contributed by atoms with Gasteiger partial charge in [0.25, 0.3) is 5.91 Å². The predicted octanol–water partition coefficient (Wildman–Crippen LogP) is 3.26. The highest BCUT2D eigenvalue weighted by Gasteiger charge is 2.30. The monoisotopic (exact) mass is 525 g/mol. The summed E-state index contributed by atoms with van der Waals surface area (Å²) in [6.07, 6.45) is -0.957. The summed E-state index contributed by atoms with van der Waals surface area (Å²) >= 11 is 0. The molecule has 2 atom stereocenters. The van der Waals surface area contributed by atoms with Gasteiger partial charge in [-0.25, -0.2) is 9.97 Å². The van der Waals surface area contributed by atoms with E-state index in [0.29, 0.717) is 16.7 Å². The van der Waals surface area contributed by atoms with Gasteiger partial charge in [0, 0.05) is 17.5 Å². The third kappa shape index (κ3) is 7.94. The van der Waals surface area contributed by atoms with Gasteiger partial charge in [-0.15, -0.1) is 24.8 Å². The number of oxime groups is 1. The van der Waals surface area contributed by atoms with Gasteiger partial charge in [-0.1, -0.05) is 24.5 Å². The molecule has 1 aromatic heterocycles. The fourth-order valence-corrected chi connectivity index (χ4v) is 3.68. The molecule has 0 radical (unpaired) electrons. The van der Waals surface area contributed by atoms with Crippen molar-refractivity contribution in [2.45, 2.75) is 50.9 Å². The standard InChI is InChI=1S/C20H26F3N7O2.2ClH/c1-11-7-8-13-12(9-11)16(29-17(26-13)18(31)25-10-20(21,22)23)27-14-5-3-4-6-15(14)28-19(24)30-32-2;;/h7-9,14-15H,3-6,10H2,1-2H3,(H,25,31)(H3,24,28,30)(H,26,27,29);2*1H/t14-,15+;;/m0../s1. The van der Waals surface area contributed by atoms with Crippen LogP contribution in [0, 0.1) is 6.92 Å². The number of nitrogens with zero attached hydrogens (tertiary/aromatic N) is 3. The van der Waals surface area contributed by atoms with Gasteiger partial charge in [0.2, 0.25) is 11.8 Å². The van der Waals surface area contributed by atoms with Gasteiger partial charge in [0.1, 0.15) is 19.5 Å². The lowest BCUT2D eigenvalue weighted by molar-refractivity contribution is -0.123. The van der Waals surface area contributed by atoms with Gasteiger partial charge >= 0.3 is 6.18 Å². The summed E-state index contributed by atoms with van der Waals surface area (Å²) in [5.74, 6) is -0.824. The summed E-state index contributed by atoms with van der Waals surface area (Å²) < 4.78 is 37.5. The summed E-state index contributed by atoms with van der Waals surface area (Å²) in [5.41, 5.74) is 7.23. The molecule has 190 valence electrons. The molecular formula is C20H28Cl2F3N7O2. The maximum Gasteiger partial charge on any atom is 0.405 e. The highest BCUT2D eigenvalue weighted by atomic mass is 35.5. The lowest BCUT2D eigenvalue weighted by Crippen LogP contribution is -2.51. The number of nitrogens with two attached hydrogens (primary N) is 1. The Kier molecular flexibility index (Phi) is 10.9. The van der Waals surface area contributed by atoms with Crippen LogP contribution in [0.5, 0.6) is 0 Å². The molecule has 2 aromatic rings. The van der Waals surface area contributed by atoms with Crippen LogP contribution < -0.4 is 21.7 Å². The number of aromatic nitrogens is 2. The van der Waals surface area contributed by atoms with Gasteiger partial charge in [-0.3, -0.25) is 4.79 Å². The minimum atomic E-state index is -4.53. The van der Waals surface area contributed by atoms with Crippen LogP contribution in [0.25, 0.3) is 10.9 Å². The average molecular weight is 526 g/mol. The molecule has 0 saturated heterocycles. The van der Waals surface area contributed by atoms with E-state index < -0.39 is 18.6 Å². The number of guanidine groups is 1. The number of hydrogen-bond acceptors (Lipinski definition) is 6. The number of halogens is 5. The van der Waals surface area contributed by atoms with E-state index >= 15 is 0 Å². The van der Waals surface area contributed by atoms with Crippen molar-refractivity contribution >= 4 is 53.4 Å². The number of anilines is 1. The lowest BCUT2D eigenvalue weighted by Gasteiger charge is -2.33. The Morgan fingerprint density at radius 3 is 2.53 bits per heavy atom. The Bertz CT molecular complexity index is 1010. The first-order valence-corrected chi connectivity index (χ1v) is 10.2. The first-order valence-electron chi connectivity index (χ1n) is 10.2. The molecule has 14 heteroatoms. The second kappa shape index (κ2) is 12.7. The van der Waals surface area contributed by atoms with Crippen molar-refractivity contribution in [3.05, 3.63) is 29.6 Å². The number of amides is 1. The number of nitrogens with one attached hydrogen (secondary N) is 3. The van der Waals surface area contributed by atoms with Crippen molar-refractivity contribution in [2.75, 3.05) is 19.0 Å². The Morgan fingerprint density at radius 1 is 1.21 bits per heavy atom. The molecule has 34 heavy (non-hydrogen) atoms. The van der Waals surface area contributed by atoms with Crippen molar-refractivity contribution in [3.8, 4) is 0 Å². The van der Waals surface area contributed by atoms with E-state index in [1.165, 1.54) is 7.11 Å². The molecule has 1 saturated carbocycles. The normalized spacial score (nSPS) is 18.3. The third-order valence-corrected chi connectivity index (χ3v) is 5.11. The summed E-state index contributed by atoms with van der Waals surface area (Å²) in [4.78, 5) is 25.4. The summed E-state index contributed by atoms with van der Waals surface area (Å²) in [5, 5.41) is 12.6. The van der Waals surface area contributed by atoms with Gasteiger partial charge < -0.3 is 26.5 Å². The van der Waals surface area contributed by atoms with Crippen LogP contribution in [0.15, 0.2) is 23.4 Å². The van der Waals surface area contributed by atoms with Gasteiger partial charge in [-0.2, -0.15) is 13.2 Å². The van der Waals surface area contributed by atoms with E-state index in [0.717, 1.165) is 31.2 Å². The van der Waals surface area contributed by atoms with E-state index in [1.807, 2.05) is 24.4 Å². The second-order valence-electron chi connectivity index (χ2n) is 7.66. The molecule has 0 aliphatic heterocycles. The lowest BCUT2D eigenvalue weighted by atomic mass is 9.90. The molecule has 0 bridgehead atoms. The first kappa shape index (κ1) is 29.3. The van der Waals surface area contributed by atoms with Crippen LogP contribution >= 0.6 is 24.8 Å². The number of aryl methyl sites for hydroxylation is 1. The van der Waals surface area contributed by atoms with Crippen LogP contribution in [0.2, 0.25) is 0 Å². The number of rotatable bonds is 6. The fourth-order valence-electron chi connectivity index (χ4n) is 3.68. The molecule has 1 aliphatic carbocycles. The molecular weight excluding hydrogens is 498 g/mol. The number of benzene rings is 1. The van der Waals surface area contributed by atoms with Crippen molar-refractivity contribution < 1.29 is 22.8 Å². The van der Waals surface area contributed by atoms with Crippen LogP contribution in [-0.4, -0.2) is 53.7 Å². The molecule has 0 spiro atoms. The first-order chi connectivity index (χ1) is 15.2. The fraction of sp³-hybridized carbons (Fsp3) is 0.500. The number of hydrogen-bond donors (Lipinski definition) is 4. The van der Waals surface area contributed by atoms with Gasteiger partial charge in [0.15, 0.2) is 0 Å². The van der Waals surface area contributed by atoms with Crippen molar-refractivity contribution in [1.82, 2.24) is 20.6 Å². The number of fused-ring (bicyclic) bond motifs is 1. The SMILES string of the molecule is CO/N=C(/N)N[C@@H]1CCCC[C@@H]1Nc1nc(C(=O)NCC(F)(F)F)nc2ccc(C)cc12.Cl.Cl. The van der Waals surface area contributed by atoms with Crippen LogP contribution in [-0.2, 0) is 4.84 Å². The summed E-state index contributed by atoms with van der Waals surface area (Å²) in [6.45, 7) is 0.441. The highest BCUT2D eigenvalue weighted by Crippen LogP contribution is 2.27. The second-order valence-corrected chi connectivity index (χ2v) is 7.66. The molecule has 9 nitrogen and oxygen atoms in total. The number of carbonyl (C=O) groups is 1. The van der Waals surface area contributed by atoms with Crippen LogP contribution in [0.3, 0.4) is 0 Å². The van der Waals surface area contributed by atoms with E-state index in [4.69, 9.17) is 10.6 Å². The minimum Gasteiger partial charge on any atom is -0.396 e. The number of alkyl halides is 3. The van der Waals surface area contributed by atoms with Crippen LogP contribution in [0.4, 0.5) is 19.0 Å². The van der Waals surface area contributed by atoms with Crippen LogP contribution in [0.1, 0.15) is 41.9 Å². The Hall–Kier alpha value is -2.73. The maximum absolute atomic E-state index is 12.5. The molecule has 1 fully saturated rings. The molecule has 3 rings (SSSR count). The molecule has 1 aromatic carbocycles. The summed E-state index contributed by atoms with van der Waals surface area (Å²) in [6, 6.07) is 5.18. The third-order valence-electron chi connectivity index (χ3n) is 5.11. The zero-order valence-electron chi connectivity index (χ0n) is 18.6. The predicted molar refractivity (Wildman–Crippen MR) is 129 cm³/mol. The van der Waals surface area contributed by atoms with E-state index in [2.05, 4.69) is 25.8 Å². The highest BCUT2D eigenvalue weighted by molar-refractivity contribution is 5.96. The largest absolute Gasteiger partial charge is 0.405 e. The molecule has 1 heterocycles. The Labute approximate surface area is 207 Å². The Morgan fingerprint density at radius 2 is 1.88 bits per heavy atom. The topological polar surface area (TPSA) is 127 Å². The Balaban J connectivity index is 0.00000289. The smallest absolute Gasteiger partial charge is 0.396 e. The molecule has 1 aliphatic rings. The average Bonchev–Trinajstić information content (AvgIpc) is 2.73. The van der Waals surface area contributed by atoms with Gasteiger partial charge in [-0.05, 0) is 37.1 Å². The number of carbonyl (C=O) groups excluding carboxylic acids is 1. The van der Waals surface area contributed by atoms with Crippen molar-refractivity contribution in [3.63, 3.8) is 0 Å².